The number of hydrogen-bond acceptors (Lipinski definition) is 3. The second-order valence-electron chi connectivity index (χ2n) is 4.46. The summed E-state index contributed by atoms with van der Waals surface area (Å²) in [5.41, 5.74) is 0.0942. The number of rotatable bonds is 5. The molecule has 9 heteroatoms. The molecule has 0 aliphatic heterocycles. The third-order valence-electron chi connectivity index (χ3n) is 2.65. The molecule has 0 heterocycles. The van der Waals surface area contributed by atoms with Gasteiger partial charge >= 0.3 is 6.18 Å². The minimum absolute atomic E-state index is 0.0301. The standard InChI is InChI=1S/C14H11ClF3NO2S2/c15-10-5-7-11(8-6-10)23(20,21)19-12-3-1-2-4-13(12)22-9-14(16,17)18/h1-8,19H,9H2. The van der Waals surface area contributed by atoms with E-state index >= 15 is 0 Å². The van der Waals surface area contributed by atoms with Crippen molar-refractivity contribution in [3.05, 3.63) is 53.6 Å². The van der Waals surface area contributed by atoms with Gasteiger partial charge in [-0.15, -0.1) is 11.8 Å². The summed E-state index contributed by atoms with van der Waals surface area (Å²) in [6.45, 7) is 0. The van der Waals surface area contributed by atoms with E-state index in [1.165, 1.54) is 42.5 Å². The van der Waals surface area contributed by atoms with E-state index in [0.29, 0.717) is 16.8 Å². The fourth-order valence-electron chi connectivity index (χ4n) is 1.65. The maximum Gasteiger partial charge on any atom is 0.398 e. The monoisotopic (exact) mass is 381 g/mol. The van der Waals surface area contributed by atoms with Crippen LogP contribution in [-0.2, 0) is 10.0 Å². The first kappa shape index (κ1) is 18.0. The van der Waals surface area contributed by atoms with Crippen molar-refractivity contribution in [3.63, 3.8) is 0 Å². The minimum Gasteiger partial charge on any atom is -0.278 e. The SMILES string of the molecule is O=S(=O)(Nc1ccccc1SCC(F)(F)F)c1ccc(Cl)cc1. The Morgan fingerprint density at radius 1 is 1.04 bits per heavy atom. The molecular formula is C14H11ClF3NO2S2. The number of alkyl halides is 3. The topological polar surface area (TPSA) is 46.2 Å². The Bertz CT molecular complexity index is 777. The van der Waals surface area contributed by atoms with Gasteiger partial charge in [-0.25, -0.2) is 8.42 Å². The summed E-state index contributed by atoms with van der Waals surface area (Å²) in [5, 5.41) is 0.380. The van der Waals surface area contributed by atoms with Crippen molar-refractivity contribution in [2.24, 2.45) is 0 Å². The zero-order chi connectivity index (χ0) is 17.1. The van der Waals surface area contributed by atoms with Crippen molar-refractivity contribution < 1.29 is 21.6 Å². The molecule has 0 fully saturated rings. The van der Waals surface area contributed by atoms with E-state index in [0.717, 1.165) is 0 Å². The average molecular weight is 382 g/mol. The predicted octanol–water partition coefficient (Wildman–Crippen LogP) is 4.80. The molecule has 2 aromatic carbocycles. The molecule has 124 valence electrons. The number of hydrogen-bond donors (Lipinski definition) is 1. The van der Waals surface area contributed by atoms with E-state index in [9.17, 15) is 21.6 Å². The molecule has 3 nitrogen and oxygen atoms in total. The summed E-state index contributed by atoms with van der Waals surface area (Å²) in [5.74, 6) is -1.10. The summed E-state index contributed by atoms with van der Waals surface area (Å²) in [7, 11) is -3.91. The van der Waals surface area contributed by atoms with Crippen LogP contribution >= 0.6 is 23.4 Å². The van der Waals surface area contributed by atoms with Gasteiger partial charge in [0, 0.05) is 9.92 Å². The highest BCUT2D eigenvalue weighted by Gasteiger charge is 2.28. The molecule has 0 bridgehead atoms. The van der Waals surface area contributed by atoms with Crippen molar-refractivity contribution >= 4 is 39.1 Å². The molecule has 0 radical (unpaired) electrons. The predicted molar refractivity (Wildman–Crippen MR) is 85.5 cm³/mol. The molecule has 0 amide bonds. The molecule has 0 aromatic heterocycles. The Morgan fingerprint density at radius 2 is 1.65 bits per heavy atom. The van der Waals surface area contributed by atoms with Crippen LogP contribution in [-0.4, -0.2) is 20.3 Å². The van der Waals surface area contributed by atoms with Crippen molar-refractivity contribution in [1.29, 1.82) is 0 Å². The van der Waals surface area contributed by atoms with E-state index in [1.54, 1.807) is 6.07 Å². The van der Waals surface area contributed by atoms with E-state index in [-0.39, 0.29) is 15.5 Å². The Labute approximate surface area is 140 Å². The van der Waals surface area contributed by atoms with Gasteiger partial charge in [0.15, 0.2) is 0 Å². The molecule has 0 atom stereocenters. The first-order chi connectivity index (χ1) is 10.7. The second kappa shape index (κ2) is 7.02. The Kier molecular flexibility index (Phi) is 5.49. The fourth-order valence-corrected chi connectivity index (χ4v) is 3.69. The van der Waals surface area contributed by atoms with Gasteiger partial charge in [0.05, 0.1) is 16.3 Å². The van der Waals surface area contributed by atoms with Crippen LogP contribution in [0.5, 0.6) is 0 Å². The van der Waals surface area contributed by atoms with Crippen LogP contribution in [0.1, 0.15) is 0 Å². The van der Waals surface area contributed by atoms with Gasteiger partial charge in [-0.1, -0.05) is 23.7 Å². The molecule has 2 aromatic rings. The molecule has 1 N–H and O–H groups in total. The highest BCUT2D eigenvalue weighted by Crippen LogP contribution is 2.33. The lowest BCUT2D eigenvalue weighted by atomic mass is 10.3. The number of halogens is 4. The molecule has 0 aliphatic rings. The zero-order valence-corrected chi connectivity index (χ0v) is 13.9. The van der Waals surface area contributed by atoms with Crippen LogP contribution in [0.2, 0.25) is 5.02 Å². The summed E-state index contributed by atoms with van der Waals surface area (Å²) < 4.78 is 63.9. The van der Waals surface area contributed by atoms with Crippen LogP contribution in [0.15, 0.2) is 58.3 Å². The second-order valence-corrected chi connectivity index (χ2v) is 7.60. The third kappa shape index (κ3) is 5.33. The van der Waals surface area contributed by atoms with Crippen molar-refractivity contribution in [2.75, 3.05) is 10.5 Å². The smallest absolute Gasteiger partial charge is 0.278 e. The van der Waals surface area contributed by atoms with Gasteiger partial charge in [-0.05, 0) is 36.4 Å². The number of sulfonamides is 1. The van der Waals surface area contributed by atoms with Crippen molar-refractivity contribution in [2.45, 2.75) is 16.0 Å². The Morgan fingerprint density at radius 3 is 2.26 bits per heavy atom. The van der Waals surface area contributed by atoms with Gasteiger partial charge < -0.3 is 0 Å². The van der Waals surface area contributed by atoms with E-state index in [2.05, 4.69) is 4.72 Å². The summed E-state index contributed by atoms with van der Waals surface area (Å²) in [6, 6.07) is 11.4. The van der Waals surface area contributed by atoms with Crippen LogP contribution in [0.25, 0.3) is 0 Å². The van der Waals surface area contributed by atoms with Gasteiger partial charge in [0.2, 0.25) is 0 Å². The van der Waals surface area contributed by atoms with E-state index < -0.39 is 22.0 Å². The zero-order valence-electron chi connectivity index (χ0n) is 11.5. The summed E-state index contributed by atoms with van der Waals surface area (Å²) in [4.78, 5) is 0.167. The fraction of sp³-hybridized carbons (Fsp3) is 0.143. The maximum absolute atomic E-state index is 12.3. The first-order valence-corrected chi connectivity index (χ1v) is 9.09. The molecule has 0 unspecified atom stereocenters. The maximum atomic E-state index is 12.3. The van der Waals surface area contributed by atoms with Crippen LogP contribution in [0, 0.1) is 0 Å². The summed E-state index contributed by atoms with van der Waals surface area (Å²) in [6.07, 6.45) is -4.34. The first-order valence-electron chi connectivity index (χ1n) is 6.24. The summed E-state index contributed by atoms with van der Waals surface area (Å²) >= 11 is 6.23. The van der Waals surface area contributed by atoms with Crippen molar-refractivity contribution in [1.82, 2.24) is 0 Å². The Hall–Kier alpha value is -1.38. The normalized spacial score (nSPS) is 12.2. The highest BCUT2D eigenvalue weighted by atomic mass is 35.5. The molecule has 0 saturated carbocycles. The number of para-hydroxylation sites is 1. The van der Waals surface area contributed by atoms with Gasteiger partial charge in [-0.2, -0.15) is 13.2 Å². The lowest BCUT2D eigenvalue weighted by Crippen LogP contribution is -2.14. The van der Waals surface area contributed by atoms with Crippen LogP contribution in [0.3, 0.4) is 0 Å². The van der Waals surface area contributed by atoms with E-state index in [4.69, 9.17) is 11.6 Å². The van der Waals surface area contributed by atoms with Gasteiger partial charge in [0.25, 0.3) is 10.0 Å². The number of anilines is 1. The molecule has 23 heavy (non-hydrogen) atoms. The van der Waals surface area contributed by atoms with Gasteiger partial charge in [-0.3, -0.25) is 4.72 Å². The largest absolute Gasteiger partial charge is 0.398 e. The lowest BCUT2D eigenvalue weighted by molar-refractivity contribution is -0.105. The molecule has 2 rings (SSSR count). The molecule has 0 spiro atoms. The minimum atomic E-state index is -4.34. The molecule has 0 saturated heterocycles. The van der Waals surface area contributed by atoms with Crippen LogP contribution in [0.4, 0.5) is 18.9 Å². The average Bonchev–Trinajstić information content (AvgIpc) is 2.45. The molecule has 0 aliphatic carbocycles. The Balaban J connectivity index is 2.24. The molecular weight excluding hydrogens is 371 g/mol. The number of thioether (sulfide) groups is 1. The van der Waals surface area contributed by atoms with Crippen molar-refractivity contribution in [3.8, 4) is 0 Å². The quantitative estimate of drug-likeness (QED) is 0.757. The lowest BCUT2D eigenvalue weighted by Gasteiger charge is -2.13. The number of benzene rings is 2. The van der Waals surface area contributed by atoms with Gasteiger partial charge in [0.1, 0.15) is 0 Å². The highest BCUT2D eigenvalue weighted by molar-refractivity contribution is 7.99. The van der Waals surface area contributed by atoms with E-state index in [1.807, 2.05) is 0 Å². The van der Waals surface area contributed by atoms with Crippen LogP contribution < -0.4 is 4.72 Å². The third-order valence-corrected chi connectivity index (χ3v) is 5.42. The number of nitrogens with one attached hydrogen (secondary N) is 1.